The van der Waals surface area contributed by atoms with Crippen LogP contribution in [0.4, 0.5) is 4.39 Å². The molecular formula is C11H10FN3OS. The van der Waals surface area contributed by atoms with Crippen LogP contribution in [0.2, 0.25) is 0 Å². The molecule has 0 saturated heterocycles. The van der Waals surface area contributed by atoms with E-state index in [0.29, 0.717) is 0 Å². The molecule has 1 aromatic carbocycles. The molecule has 17 heavy (non-hydrogen) atoms. The Balaban J connectivity index is 2.58. The molecule has 0 unspecified atom stereocenters. The standard InChI is InChI=1S/C11H10FN3OS/c1-5-2-6-3-8(12)7(4-9(6)17-5)10(16)15-11(13)14/h2-4H,1H3,(H4,13,14,15,16). The van der Waals surface area contributed by atoms with Gasteiger partial charge in [0.15, 0.2) is 5.96 Å². The van der Waals surface area contributed by atoms with Gasteiger partial charge < -0.3 is 11.5 Å². The summed E-state index contributed by atoms with van der Waals surface area (Å²) in [5.74, 6) is -1.77. The molecule has 4 N–H and O–H groups in total. The third-order valence-electron chi connectivity index (χ3n) is 2.19. The molecule has 0 aliphatic heterocycles. The molecule has 0 saturated carbocycles. The highest BCUT2D eigenvalue weighted by Crippen LogP contribution is 2.27. The van der Waals surface area contributed by atoms with Gasteiger partial charge in [-0.05, 0) is 30.5 Å². The van der Waals surface area contributed by atoms with Crippen LogP contribution < -0.4 is 11.5 Å². The van der Waals surface area contributed by atoms with E-state index in [9.17, 15) is 9.18 Å². The second-order valence-electron chi connectivity index (χ2n) is 3.57. The van der Waals surface area contributed by atoms with Gasteiger partial charge in [-0.25, -0.2) is 4.39 Å². The lowest BCUT2D eigenvalue weighted by Gasteiger charge is -1.99. The summed E-state index contributed by atoms with van der Waals surface area (Å²) >= 11 is 1.48. The number of hydrogen-bond donors (Lipinski definition) is 2. The Kier molecular flexibility index (Phi) is 2.81. The third kappa shape index (κ3) is 2.26. The first kappa shape index (κ1) is 11.5. The molecular weight excluding hydrogens is 241 g/mol. The number of guanidine groups is 1. The first-order valence-electron chi connectivity index (χ1n) is 4.81. The Morgan fingerprint density at radius 2 is 2.06 bits per heavy atom. The van der Waals surface area contributed by atoms with Crippen molar-refractivity contribution in [3.05, 3.63) is 34.5 Å². The van der Waals surface area contributed by atoms with E-state index in [1.54, 1.807) is 0 Å². The fraction of sp³-hybridized carbons (Fsp3) is 0.0909. The van der Waals surface area contributed by atoms with Gasteiger partial charge in [0.2, 0.25) is 0 Å². The normalized spacial score (nSPS) is 10.5. The molecule has 4 nitrogen and oxygen atoms in total. The van der Waals surface area contributed by atoms with Crippen LogP contribution in [0.1, 0.15) is 15.2 Å². The van der Waals surface area contributed by atoms with E-state index >= 15 is 0 Å². The minimum atomic E-state index is -0.768. The molecule has 1 heterocycles. The number of benzene rings is 1. The second kappa shape index (κ2) is 4.14. The van der Waals surface area contributed by atoms with Crippen molar-refractivity contribution in [2.75, 3.05) is 0 Å². The average Bonchev–Trinajstić information content (AvgIpc) is 2.54. The van der Waals surface area contributed by atoms with Gasteiger partial charge in [-0.3, -0.25) is 4.79 Å². The summed E-state index contributed by atoms with van der Waals surface area (Å²) in [6.07, 6.45) is 0. The van der Waals surface area contributed by atoms with Crippen molar-refractivity contribution in [1.29, 1.82) is 0 Å². The first-order chi connectivity index (χ1) is 7.97. The molecule has 0 atom stereocenters. The molecule has 88 valence electrons. The Hall–Kier alpha value is -1.95. The molecule has 0 spiro atoms. The second-order valence-corrected chi connectivity index (χ2v) is 4.86. The summed E-state index contributed by atoms with van der Waals surface area (Å²) in [5.41, 5.74) is 10.1. The highest BCUT2D eigenvalue weighted by atomic mass is 32.1. The number of carbonyl (C=O) groups excluding carboxylic acids is 1. The van der Waals surface area contributed by atoms with Crippen LogP contribution in [0.3, 0.4) is 0 Å². The van der Waals surface area contributed by atoms with Crippen molar-refractivity contribution in [3.8, 4) is 0 Å². The van der Waals surface area contributed by atoms with E-state index in [1.165, 1.54) is 23.5 Å². The van der Waals surface area contributed by atoms with Crippen molar-refractivity contribution >= 4 is 33.3 Å². The van der Waals surface area contributed by atoms with E-state index in [-0.39, 0.29) is 11.5 Å². The summed E-state index contributed by atoms with van der Waals surface area (Å²) in [5, 5.41) is 0.770. The number of fused-ring (bicyclic) bond motifs is 1. The molecule has 6 heteroatoms. The van der Waals surface area contributed by atoms with Crippen molar-refractivity contribution in [3.63, 3.8) is 0 Å². The molecule has 0 bridgehead atoms. The Morgan fingerprint density at radius 1 is 1.35 bits per heavy atom. The van der Waals surface area contributed by atoms with Crippen LogP contribution in [0.25, 0.3) is 10.1 Å². The molecule has 0 aliphatic rings. The summed E-state index contributed by atoms with van der Waals surface area (Å²) in [6, 6.07) is 4.64. The van der Waals surface area contributed by atoms with Crippen molar-refractivity contribution in [2.24, 2.45) is 16.5 Å². The molecule has 0 fully saturated rings. The number of hydrogen-bond acceptors (Lipinski definition) is 2. The maximum Gasteiger partial charge on any atom is 0.283 e. The zero-order chi connectivity index (χ0) is 12.6. The Bertz CT molecular complexity index is 629. The molecule has 2 aromatic rings. The smallest absolute Gasteiger partial charge is 0.283 e. The van der Waals surface area contributed by atoms with Crippen molar-refractivity contribution in [1.82, 2.24) is 0 Å². The third-order valence-corrected chi connectivity index (χ3v) is 3.20. The minimum Gasteiger partial charge on any atom is -0.370 e. The fourth-order valence-electron chi connectivity index (χ4n) is 1.53. The quantitative estimate of drug-likeness (QED) is 0.598. The summed E-state index contributed by atoms with van der Waals surface area (Å²) in [6.45, 7) is 1.92. The highest BCUT2D eigenvalue weighted by molar-refractivity contribution is 7.19. The van der Waals surface area contributed by atoms with Gasteiger partial charge in [-0.1, -0.05) is 0 Å². The van der Waals surface area contributed by atoms with Gasteiger partial charge in [0.25, 0.3) is 5.91 Å². The highest BCUT2D eigenvalue weighted by Gasteiger charge is 2.13. The van der Waals surface area contributed by atoms with E-state index in [2.05, 4.69) is 4.99 Å². The monoisotopic (exact) mass is 251 g/mol. The Labute approximate surface area is 101 Å². The minimum absolute atomic E-state index is 0.118. The number of nitrogens with zero attached hydrogens (tertiary/aromatic N) is 1. The Morgan fingerprint density at radius 3 is 2.71 bits per heavy atom. The zero-order valence-electron chi connectivity index (χ0n) is 9.03. The van der Waals surface area contributed by atoms with E-state index in [4.69, 9.17) is 11.5 Å². The van der Waals surface area contributed by atoms with Gasteiger partial charge in [0.05, 0.1) is 5.56 Å². The lowest BCUT2D eigenvalue weighted by molar-refractivity contribution is 0.0999. The first-order valence-corrected chi connectivity index (χ1v) is 5.62. The number of thiophene rings is 1. The van der Waals surface area contributed by atoms with E-state index in [1.807, 2.05) is 13.0 Å². The van der Waals surface area contributed by atoms with Crippen LogP contribution in [-0.4, -0.2) is 11.9 Å². The van der Waals surface area contributed by atoms with Crippen molar-refractivity contribution < 1.29 is 9.18 Å². The van der Waals surface area contributed by atoms with Gasteiger partial charge >= 0.3 is 0 Å². The number of aryl methyl sites for hydroxylation is 1. The number of amides is 1. The lowest BCUT2D eigenvalue weighted by atomic mass is 10.1. The van der Waals surface area contributed by atoms with Gasteiger partial charge in [0, 0.05) is 9.58 Å². The summed E-state index contributed by atoms with van der Waals surface area (Å²) in [4.78, 5) is 15.9. The number of nitrogens with two attached hydrogens (primary N) is 2. The zero-order valence-corrected chi connectivity index (χ0v) is 9.84. The molecule has 2 rings (SSSR count). The largest absolute Gasteiger partial charge is 0.370 e. The number of halogens is 1. The molecule has 1 aromatic heterocycles. The molecule has 0 aliphatic carbocycles. The predicted molar refractivity (Wildman–Crippen MR) is 66.7 cm³/mol. The van der Waals surface area contributed by atoms with Crippen molar-refractivity contribution in [2.45, 2.75) is 6.92 Å². The lowest BCUT2D eigenvalue weighted by Crippen LogP contribution is -2.24. The number of carbonyl (C=O) groups is 1. The number of aliphatic imine (C=N–C) groups is 1. The van der Waals surface area contributed by atoms with Crippen LogP contribution in [0.5, 0.6) is 0 Å². The SMILES string of the molecule is Cc1cc2cc(F)c(C(=O)N=C(N)N)cc2s1. The maximum atomic E-state index is 13.7. The summed E-state index contributed by atoms with van der Waals surface area (Å²) in [7, 11) is 0. The number of rotatable bonds is 1. The summed E-state index contributed by atoms with van der Waals surface area (Å²) < 4.78 is 14.5. The average molecular weight is 251 g/mol. The van der Waals surface area contributed by atoms with Gasteiger partial charge in [-0.15, -0.1) is 11.3 Å². The van der Waals surface area contributed by atoms with Crippen LogP contribution in [0.15, 0.2) is 23.2 Å². The van der Waals surface area contributed by atoms with Crippen LogP contribution >= 0.6 is 11.3 Å². The fourth-order valence-corrected chi connectivity index (χ4v) is 2.48. The topological polar surface area (TPSA) is 81.5 Å². The van der Waals surface area contributed by atoms with E-state index < -0.39 is 11.7 Å². The molecule has 1 amide bonds. The van der Waals surface area contributed by atoms with Crippen LogP contribution in [0, 0.1) is 12.7 Å². The van der Waals surface area contributed by atoms with E-state index in [0.717, 1.165) is 15.0 Å². The van der Waals surface area contributed by atoms with Gasteiger partial charge in [-0.2, -0.15) is 4.99 Å². The molecule has 0 radical (unpaired) electrons. The maximum absolute atomic E-state index is 13.7. The predicted octanol–water partition coefficient (Wildman–Crippen LogP) is 1.76. The van der Waals surface area contributed by atoms with Crippen LogP contribution in [-0.2, 0) is 0 Å². The van der Waals surface area contributed by atoms with Gasteiger partial charge in [0.1, 0.15) is 5.82 Å².